The molecule has 0 bridgehead atoms. The smallest absolute Gasteiger partial charge is 0.273 e. The number of thiophene rings is 1. The van der Waals surface area contributed by atoms with Crippen LogP contribution < -0.4 is 5.32 Å². The van der Waals surface area contributed by atoms with Crippen molar-refractivity contribution < 1.29 is 13.2 Å². The quantitative estimate of drug-likeness (QED) is 0.692. The van der Waals surface area contributed by atoms with E-state index in [0.717, 1.165) is 21.6 Å². The minimum atomic E-state index is -3.58. The third-order valence-electron chi connectivity index (χ3n) is 4.12. The minimum Gasteiger partial charge on any atom is -0.356 e. The molecule has 0 atom stereocenters. The van der Waals surface area contributed by atoms with E-state index in [0.29, 0.717) is 18.9 Å². The predicted octanol–water partition coefficient (Wildman–Crippen LogP) is 2.61. The largest absolute Gasteiger partial charge is 0.356 e. The number of hydrogen-bond donors (Lipinski definition) is 2. The monoisotopic (exact) mass is 408 g/mol. The summed E-state index contributed by atoms with van der Waals surface area (Å²) in [7, 11) is -3.58. The fourth-order valence-electron chi connectivity index (χ4n) is 2.76. The number of carbonyl (C=O) groups is 1. The van der Waals surface area contributed by atoms with Crippen molar-refractivity contribution in [2.24, 2.45) is 0 Å². The highest BCUT2D eigenvalue weighted by molar-refractivity contribution is 7.99. The summed E-state index contributed by atoms with van der Waals surface area (Å²) < 4.78 is 27.8. The molecule has 3 aromatic heterocycles. The van der Waals surface area contributed by atoms with Crippen LogP contribution in [0.3, 0.4) is 0 Å². The van der Waals surface area contributed by atoms with Crippen molar-refractivity contribution in [3.63, 3.8) is 0 Å². The lowest BCUT2D eigenvalue weighted by atomic mass is 10.3. The lowest BCUT2D eigenvalue weighted by molar-refractivity contribution is 0.102. The van der Waals surface area contributed by atoms with E-state index in [1.54, 1.807) is 29.3 Å². The van der Waals surface area contributed by atoms with Crippen molar-refractivity contribution in [3.8, 4) is 0 Å². The maximum absolute atomic E-state index is 12.7. The molecular formula is C16H16N4O3S3. The Balaban J connectivity index is 1.56. The Kier molecular flexibility index (Phi) is 4.74. The highest BCUT2D eigenvalue weighted by Crippen LogP contribution is 2.26. The van der Waals surface area contributed by atoms with E-state index in [9.17, 15) is 13.2 Å². The summed E-state index contributed by atoms with van der Waals surface area (Å²) in [6.45, 7) is 0.980. The first kappa shape index (κ1) is 17.5. The van der Waals surface area contributed by atoms with Crippen LogP contribution in [0.25, 0.3) is 10.1 Å². The number of aromatic nitrogens is 2. The molecule has 1 amide bonds. The predicted molar refractivity (Wildman–Crippen MR) is 104 cm³/mol. The number of anilines is 1. The molecule has 0 aromatic carbocycles. The summed E-state index contributed by atoms with van der Waals surface area (Å²) in [5.74, 6) is 1.60. The average molecular weight is 409 g/mol. The molecule has 0 unspecified atom stereocenters. The zero-order chi connectivity index (χ0) is 18.1. The van der Waals surface area contributed by atoms with Crippen molar-refractivity contribution in [2.75, 3.05) is 29.9 Å². The van der Waals surface area contributed by atoms with Gasteiger partial charge in [0.25, 0.3) is 5.91 Å². The number of pyridine rings is 1. The summed E-state index contributed by atoms with van der Waals surface area (Å²) in [6, 6.07) is 5.15. The number of H-pyrrole nitrogens is 1. The van der Waals surface area contributed by atoms with Crippen LogP contribution in [0.1, 0.15) is 10.5 Å². The second kappa shape index (κ2) is 7.03. The van der Waals surface area contributed by atoms with Crippen molar-refractivity contribution in [2.45, 2.75) is 4.90 Å². The maximum Gasteiger partial charge on any atom is 0.273 e. The van der Waals surface area contributed by atoms with Crippen LogP contribution in [-0.2, 0) is 10.0 Å². The molecule has 4 heterocycles. The molecule has 4 rings (SSSR count). The number of nitrogens with one attached hydrogen (secondary N) is 2. The number of rotatable bonds is 4. The second-order valence-electron chi connectivity index (χ2n) is 5.71. The van der Waals surface area contributed by atoms with E-state index < -0.39 is 15.9 Å². The highest BCUT2D eigenvalue weighted by Gasteiger charge is 2.27. The topological polar surface area (TPSA) is 95.2 Å². The maximum atomic E-state index is 12.7. The third kappa shape index (κ3) is 3.25. The van der Waals surface area contributed by atoms with Crippen LogP contribution in [-0.4, -0.2) is 53.2 Å². The van der Waals surface area contributed by atoms with E-state index in [-0.39, 0.29) is 10.6 Å². The molecule has 0 aliphatic carbocycles. The molecule has 0 radical (unpaired) electrons. The Morgan fingerprint density at radius 3 is 2.88 bits per heavy atom. The zero-order valence-electron chi connectivity index (χ0n) is 13.6. The average Bonchev–Trinajstić information content (AvgIpc) is 3.33. The van der Waals surface area contributed by atoms with Crippen LogP contribution in [0.5, 0.6) is 0 Å². The van der Waals surface area contributed by atoms with Gasteiger partial charge in [-0.3, -0.25) is 4.79 Å². The molecule has 1 aliphatic heterocycles. The molecule has 0 saturated carbocycles. The van der Waals surface area contributed by atoms with Gasteiger partial charge in [0.2, 0.25) is 10.0 Å². The van der Waals surface area contributed by atoms with Gasteiger partial charge in [-0.25, -0.2) is 13.4 Å². The summed E-state index contributed by atoms with van der Waals surface area (Å²) in [4.78, 5) is 19.6. The van der Waals surface area contributed by atoms with Crippen molar-refractivity contribution in [3.05, 3.63) is 41.7 Å². The van der Waals surface area contributed by atoms with Gasteiger partial charge in [-0.2, -0.15) is 16.1 Å². The molecule has 7 nitrogen and oxygen atoms in total. The number of nitrogens with zero attached hydrogens (tertiary/aromatic N) is 2. The Morgan fingerprint density at radius 1 is 1.27 bits per heavy atom. The molecule has 136 valence electrons. The van der Waals surface area contributed by atoms with Gasteiger partial charge in [-0.05, 0) is 23.6 Å². The second-order valence-corrected chi connectivity index (χ2v) is 9.82. The van der Waals surface area contributed by atoms with Gasteiger partial charge in [0.05, 0.1) is 0 Å². The fourth-order valence-corrected chi connectivity index (χ4v) is 6.11. The molecular weight excluding hydrogens is 392 g/mol. The number of amides is 1. The Hall–Kier alpha value is -1.88. The van der Waals surface area contributed by atoms with Crippen molar-refractivity contribution in [1.29, 1.82) is 0 Å². The summed E-state index contributed by atoms with van der Waals surface area (Å²) in [5, 5.41) is 5.53. The molecule has 2 N–H and O–H groups in total. The van der Waals surface area contributed by atoms with Gasteiger partial charge < -0.3 is 10.3 Å². The van der Waals surface area contributed by atoms with Gasteiger partial charge in [-0.1, -0.05) is 0 Å². The van der Waals surface area contributed by atoms with Gasteiger partial charge in [0.1, 0.15) is 16.4 Å². The number of fused-ring (bicyclic) bond motifs is 1. The molecule has 10 heteroatoms. The first-order chi connectivity index (χ1) is 12.6. The van der Waals surface area contributed by atoms with E-state index >= 15 is 0 Å². The van der Waals surface area contributed by atoms with Crippen LogP contribution in [0.4, 0.5) is 5.82 Å². The Bertz CT molecular complexity index is 1050. The zero-order valence-corrected chi connectivity index (χ0v) is 16.1. The highest BCUT2D eigenvalue weighted by atomic mass is 32.2. The first-order valence-electron chi connectivity index (χ1n) is 7.95. The molecule has 3 aromatic rings. The minimum absolute atomic E-state index is 0.108. The van der Waals surface area contributed by atoms with Crippen molar-refractivity contribution >= 4 is 54.9 Å². The van der Waals surface area contributed by atoms with Crippen LogP contribution in [0.2, 0.25) is 0 Å². The number of thioether (sulfide) groups is 1. The summed E-state index contributed by atoms with van der Waals surface area (Å²) in [5.41, 5.74) is 0.184. The van der Waals surface area contributed by atoms with Gasteiger partial charge in [-0.15, -0.1) is 11.3 Å². The number of aromatic amines is 1. The van der Waals surface area contributed by atoms with Gasteiger partial charge in [0.15, 0.2) is 0 Å². The molecule has 26 heavy (non-hydrogen) atoms. The van der Waals surface area contributed by atoms with E-state index in [4.69, 9.17) is 0 Å². The summed E-state index contributed by atoms with van der Waals surface area (Å²) >= 11 is 3.30. The third-order valence-corrected chi connectivity index (χ3v) is 7.82. The molecule has 1 aliphatic rings. The summed E-state index contributed by atoms with van der Waals surface area (Å²) in [6.07, 6.45) is 3.00. The van der Waals surface area contributed by atoms with Gasteiger partial charge >= 0.3 is 0 Å². The molecule has 1 saturated heterocycles. The standard InChI is InChI=1S/C16H16N4O3S3/c21-16(19-15-12-2-6-25-14(12)1-3-17-15)13-9-11(10-18-13)26(22,23)20-4-7-24-8-5-20/h1-3,6,9-10,18H,4-5,7-8H2,(H,17,19,21). The fraction of sp³-hybridized carbons (Fsp3) is 0.250. The normalized spacial score (nSPS) is 16.0. The molecule has 1 fully saturated rings. The number of hydrogen-bond acceptors (Lipinski definition) is 6. The Morgan fingerprint density at radius 2 is 2.08 bits per heavy atom. The van der Waals surface area contributed by atoms with Gasteiger partial charge in [0, 0.05) is 47.1 Å². The molecule has 0 spiro atoms. The van der Waals surface area contributed by atoms with Crippen molar-refractivity contribution in [1.82, 2.24) is 14.3 Å². The number of carbonyl (C=O) groups excluding carboxylic acids is 1. The lowest BCUT2D eigenvalue weighted by Crippen LogP contribution is -2.37. The Labute approximate surface area is 158 Å². The van der Waals surface area contributed by atoms with E-state index in [2.05, 4.69) is 15.3 Å². The van der Waals surface area contributed by atoms with E-state index in [1.165, 1.54) is 16.6 Å². The van der Waals surface area contributed by atoms with E-state index in [1.807, 2.05) is 17.5 Å². The van der Waals surface area contributed by atoms with Crippen LogP contribution in [0, 0.1) is 0 Å². The first-order valence-corrected chi connectivity index (χ1v) is 11.4. The lowest BCUT2D eigenvalue weighted by Gasteiger charge is -2.24. The SMILES string of the molecule is O=C(Nc1nccc2sccc12)c1cc(S(=O)(=O)N2CCSCC2)c[nH]1. The number of sulfonamides is 1. The van der Waals surface area contributed by atoms with Crippen LogP contribution >= 0.6 is 23.1 Å². The van der Waals surface area contributed by atoms with Crippen LogP contribution in [0.15, 0.2) is 40.9 Å².